The molecule has 2 aromatic heterocycles. The average molecular weight is 441 g/mol. The Hall–Kier alpha value is -3.07. The summed E-state index contributed by atoms with van der Waals surface area (Å²) in [5, 5.41) is 5.66. The summed E-state index contributed by atoms with van der Waals surface area (Å²) in [6, 6.07) is 7.29. The maximum atomic E-state index is 14.6. The number of nitrogens with zero attached hydrogens (tertiary/aromatic N) is 4. The van der Waals surface area contributed by atoms with Crippen molar-refractivity contribution in [3.63, 3.8) is 0 Å². The van der Waals surface area contributed by atoms with Crippen LogP contribution < -0.4 is 15.5 Å². The van der Waals surface area contributed by atoms with Gasteiger partial charge in [-0.15, -0.1) is 0 Å². The number of carbonyl (C=O) groups is 2. The van der Waals surface area contributed by atoms with Gasteiger partial charge in [0.1, 0.15) is 11.5 Å². The zero-order chi connectivity index (χ0) is 22.5. The molecule has 170 valence electrons. The molecule has 2 fully saturated rings. The second kappa shape index (κ2) is 10.0. The molecule has 0 spiro atoms. The van der Waals surface area contributed by atoms with Crippen molar-refractivity contribution < 1.29 is 14.0 Å². The number of aromatic nitrogens is 2. The molecular weight excluding hydrogens is 411 g/mol. The fourth-order valence-electron chi connectivity index (χ4n) is 3.75. The maximum Gasteiger partial charge on any atom is 0.270 e. The Balaban J connectivity index is 1.30. The van der Waals surface area contributed by atoms with E-state index < -0.39 is 5.95 Å². The molecule has 32 heavy (non-hydrogen) atoms. The second-order valence-electron chi connectivity index (χ2n) is 8.36. The molecule has 1 saturated heterocycles. The van der Waals surface area contributed by atoms with Gasteiger partial charge in [-0.1, -0.05) is 6.92 Å². The number of pyridine rings is 2. The number of piperazine rings is 1. The van der Waals surface area contributed by atoms with Gasteiger partial charge in [0.25, 0.3) is 5.91 Å². The highest BCUT2D eigenvalue weighted by Gasteiger charge is 2.26. The van der Waals surface area contributed by atoms with Crippen LogP contribution in [0.1, 0.15) is 48.7 Å². The van der Waals surface area contributed by atoms with E-state index in [0.717, 1.165) is 44.5 Å². The molecule has 0 unspecified atom stereocenters. The van der Waals surface area contributed by atoms with Crippen LogP contribution in [0, 0.1) is 5.95 Å². The smallest absolute Gasteiger partial charge is 0.270 e. The lowest BCUT2D eigenvalue weighted by atomic mass is 10.2. The summed E-state index contributed by atoms with van der Waals surface area (Å²) in [7, 11) is 0. The Morgan fingerprint density at radius 2 is 1.94 bits per heavy atom. The van der Waals surface area contributed by atoms with Crippen LogP contribution >= 0.6 is 0 Å². The van der Waals surface area contributed by atoms with Crippen molar-refractivity contribution >= 4 is 23.3 Å². The highest BCUT2D eigenvalue weighted by Crippen LogP contribution is 2.22. The van der Waals surface area contributed by atoms with Gasteiger partial charge in [0.05, 0.1) is 5.69 Å². The van der Waals surface area contributed by atoms with Crippen LogP contribution in [0.5, 0.6) is 0 Å². The van der Waals surface area contributed by atoms with E-state index in [2.05, 4.69) is 25.5 Å². The molecular formula is C23H29FN6O2. The number of nitrogens with one attached hydrogen (secondary N) is 2. The Kier molecular flexibility index (Phi) is 6.94. The minimum atomic E-state index is -0.608. The second-order valence-corrected chi connectivity index (χ2v) is 8.36. The summed E-state index contributed by atoms with van der Waals surface area (Å²) in [6.07, 6.45) is 4.93. The van der Waals surface area contributed by atoms with Crippen molar-refractivity contribution in [2.45, 2.75) is 45.2 Å². The first kappa shape index (κ1) is 22.1. The first-order valence-corrected chi connectivity index (χ1v) is 11.2. The van der Waals surface area contributed by atoms with Crippen molar-refractivity contribution in [2.24, 2.45) is 0 Å². The van der Waals surface area contributed by atoms with Crippen molar-refractivity contribution in [2.75, 3.05) is 36.4 Å². The van der Waals surface area contributed by atoms with E-state index in [1.165, 1.54) is 0 Å². The Morgan fingerprint density at radius 3 is 2.62 bits per heavy atom. The molecule has 0 aromatic carbocycles. The number of anilines is 2. The molecule has 1 aliphatic carbocycles. The number of amides is 2. The number of rotatable bonds is 8. The van der Waals surface area contributed by atoms with Crippen LogP contribution in [0.25, 0.3) is 0 Å². The average Bonchev–Trinajstić information content (AvgIpc) is 3.59. The van der Waals surface area contributed by atoms with E-state index in [-0.39, 0.29) is 23.6 Å². The normalized spacial score (nSPS) is 16.6. The summed E-state index contributed by atoms with van der Waals surface area (Å²) in [5.41, 5.74) is 1.62. The molecule has 2 aromatic rings. The molecule has 0 atom stereocenters. The first-order chi connectivity index (χ1) is 15.5. The standard InChI is InChI=1S/C23H29FN6O2/c1-2-3-21(31)28-20-14-16(8-9-25-20)15-29-10-12-30(13-11-29)19-7-6-18(27-22(19)24)23(32)26-17-4-5-17/h6-9,14,17H,2-5,10-13,15H2,1H3,(H,26,32)(H,25,28,31). The Labute approximate surface area is 187 Å². The fourth-order valence-corrected chi connectivity index (χ4v) is 3.75. The lowest BCUT2D eigenvalue weighted by Gasteiger charge is -2.36. The van der Waals surface area contributed by atoms with Gasteiger partial charge in [0, 0.05) is 51.4 Å². The van der Waals surface area contributed by atoms with Crippen molar-refractivity contribution in [1.82, 2.24) is 20.2 Å². The summed E-state index contributed by atoms with van der Waals surface area (Å²) >= 11 is 0. The Morgan fingerprint density at radius 1 is 1.16 bits per heavy atom. The zero-order valence-electron chi connectivity index (χ0n) is 18.3. The SMILES string of the molecule is CCCC(=O)Nc1cc(CN2CCN(c3ccc(C(=O)NC4CC4)nc3F)CC2)ccn1. The van der Waals surface area contributed by atoms with Gasteiger partial charge in [-0.2, -0.15) is 4.39 Å². The molecule has 3 heterocycles. The highest BCUT2D eigenvalue weighted by molar-refractivity contribution is 5.93. The van der Waals surface area contributed by atoms with E-state index in [1.807, 2.05) is 24.0 Å². The first-order valence-electron chi connectivity index (χ1n) is 11.2. The molecule has 8 nitrogen and oxygen atoms in total. The minimum Gasteiger partial charge on any atom is -0.365 e. The molecule has 2 N–H and O–H groups in total. The molecule has 1 saturated carbocycles. The lowest BCUT2D eigenvalue weighted by Crippen LogP contribution is -2.46. The lowest BCUT2D eigenvalue weighted by molar-refractivity contribution is -0.116. The van der Waals surface area contributed by atoms with Crippen LogP contribution in [0.4, 0.5) is 15.9 Å². The topological polar surface area (TPSA) is 90.5 Å². The van der Waals surface area contributed by atoms with Gasteiger partial charge in [-0.25, -0.2) is 9.97 Å². The van der Waals surface area contributed by atoms with E-state index in [1.54, 1.807) is 18.3 Å². The molecule has 9 heteroatoms. The third-order valence-corrected chi connectivity index (χ3v) is 5.66. The van der Waals surface area contributed by atoms with Gasteiger partial charge in [0.2, 0.25) is 11.9 Å². The largest absolute Gasteiger partial charge is 0.365 e. The summed E-state index contributed by atoms with van der Waals surface area (Å²) < 4.78 is 14.6. The van der Waals surface area contributed by atoms with E-state index in [0.29, 0.717) is 31.0 Å². The minimum absolute atomic E-state index is 0.0301. The number of carbonyl (C=O) groups excluding carboxylic acids is 2. The maximum absolute atomic E-state index is 14.6. The van der Waals surface area contributed by atoms with Crippen LogP contribution in [0.3, 0.4) is 0 Å². The Bertz CT molecular complexity index is 973. The molecule has 2 aliphatic rings. The predicted octanol–water partition coefficient (Wildman–Crippen LogP) is 2.57. The molecule has 0 radical (unpaired) electrons. The molecule has 4 rings (SSSR count). The number of hydrogen-bond donors (Lipinski definition) is 2. The summed E-state index contributed by atoms with van der Waals surface area (Å²) in [5.74, 6) is -0.384. The number of halogens is 1. The van der Waals surface area contributed by atoms with Crippen LogP contribution in [0.2, 0.25) is 0 Å². The highest BCUT2D eigenvalue weighted by atomic mass is 19.1. The van der Waals surface area contributed by atoms with E-state index in [9.17, 15) is 14.0 Å². The predicted molar refractivity (Wildman–Crippen MR) is 120 cm³/mol. The third kappa shape index (κ3) is 5.79. The molecule has 2 amide bonds. The quantitative estimate of drug-likeness (QED) is 0.613. The van der Waals surface area contributed by atoms with Crippen molar-refractivity contribution in [1.29, 1.82) is 0 Å². The number of hydrogen-bond acceptors (Lipinski definition) is 6. The van der Waals surface area contributed by atoms with Gasteiger partial charge < -0.3 is 15.5 Å². The molecule has 0 bridgehead atoms. The van der Waals surface area contributed by atoms with Crippen molar-refractivity contribution in [3.8, 4) is 0 Å². The van der Waals surface area contributed by atoms with E-state index >= 15 is 0 Å². The van der Waals surface area contributed by atoms with Gasteiger partial charge in [0.15, 0.2) is 0 Å². The zero-order valence-corrected chi connectivity index (χ0v) is 18.3. The van der Waals surface area contributed by atoms with Crippen LogP contribution in [-0.2, 0) is 11.3 Å². The van der Waals surface area contributed by atoms with Crippen LogP contribution in [-0.4, -0.2) is 58.9 Å². The third-order valence-electron chi connectivity index (χ3n) is 5.66. The monoisotopic (exact) mass is 440 g/mol. The molecule has 1 aliphatic heterocycles. The van der Waals surface area contributed by atoms with Gasteiger partial charge in [-0.3, -0.25) is 14.5 Å². The van der Waals surface area contributed by atoms with E-state index in [4.69, 9.17) is 0 Å². The summed E-state index contributed by atoms with van der Waals surface area (Å²) in [4.78, 5) is 36.2. The van der Waals surface area contributed by atoms with Crippen LogP contribution in [0.15, 0.2) is 30.5 Å². The summed E-state index contributed by atoms with van der Waals surface area (Å²) in [6.45, 7) is 5.56. The van der Waals surface area contributed by atoms with Gasteiger partial charge in [-0.05, 0) is 49.1 Å². The fraction of sp³-hybridized carbons (Fsp3) is 0.478. The van der Waals surface area contributed by atoms with Crippen molar-refractivity contribution in [3.05, 3.63) is 47.7 Å². The van der Waals surface area contributed by atoms with Gasteiger partial charge >= 0.3 is 0 Å².